The quantitative estimate of drug-likeness (QED) is 0.914. The van der Waals surface area contributed by atoms with Crippen LogP contribution in [0, 0.1) is 11.3 Å². The van der Waals surface area contributed by atoms with Gasteiger partial charge in [-0.1, -0.05) is 0 Å². The smallest absolute Gasteiger partial charge is 0.293 e. The highest BCUT2D eigenvalue weighted by Gasteiger charge is 2.23. The van der Waals surface area contributed by atoms with Crippen molar-refractivity contribution in [3.05, 3.63) is 46.6 Å². The molecule has 0 aromatic carbocycles. The second kappa shape index (κ2) is 6.48. The van der Waals surface area contributed by atoms with Crippen LogP contribution in [-0.4, -0.2) is 33.7 Å². The van der Waals surface area contributed by atoms with Crippen LogP contribution in [0.15, 0.2) is 35.5 Å². The maximum absolute atomic E-state index is 12.2. The summed E-state index contributed by atoms with van der Waals surface area (Å²) in [6, 6.07) is 5.79. The van der Waals surface area contributed by atoms with Gasteiger partial charge in [0.15, 0.2) is 5.82 Å². The number of nitrogens with one attached hydrogen (secondary N) is 1. The standard InChI is InChI=1S/C16H18N6O/c1-21-8-6-18-15(16(21)23)22-7-2-3-13(11-22)20-14-5-4-12(9-17)10-19-14/h4-6,8,10,13H,2-3,7,11H2,1H3,(H,19,20)/t13-/m0/s1. The molecule has 3 rings (SSSR count). The molecule has 0 saturated carbocycles. The lowest BCUT2D eigenvalue weighted by Crippen LogP contribution is -2.45. The lowest BCUT2D eigenvalue weighted by molar-refractivity contribution is 0.522. The molecule has 0 radical (unpaired) electrons. The van der Waals surface area contributed by atoms with Gasteiger partial charge in [0.2, 0.25) is 0 Å². The van der Waals surface area contributed by atoms with E-state index >= 15 is 0 Å². The fourth-order valence-corrected chi connectivity index (χ4v) is 2.74. The molecule has 1 aliphatic rings. The van der Waals surface area contributed by atoms with Gasteiger partial charge in [-0.3, -0.25) is 4.79 Å². The van der Waals surface area contributed by atoms with E-state index in [1.165, 1.54) is 0 Å². The van der Waals surface area contributed by atoms with Crippen molar-refractivity contribution in [2.24, 2.45) is 7.05 Å². The summed E-state index contributed by atoms with van der Waals surface area (Å²) in [5.41, 5.74) is 0.461. The number of anilines is 2. The van der Waals surface area contributed by atoms with Crippen molar-refractivity contribution in [1.82, 2.24) is 14.5 Å². The number of nitriles is 1. The van der Waals surface area contributed by atoms with Crippen molar-refractivity contribution < 1.29 is 0 Å². The number of piperidine rings is 1. The lowest BCUT2D eigenvalue weighted by Gasteiger charge is -2.33. The molecule has 7 nitrogen and oxygen atoms in total. The summed E-state index contributed by atoms with van der Waals surface area (Å²) in [5.74, 6) is 1.24. The van der Waals surface area contributed by atoms with Gasteiger partial charge in [0, 0.05) is 44.8 Å². The highest BCUT2D eigenvalue weighted by molar-refractivity contribution is 5.42. The van der Waals surface area contributed by atoms with E-state index in [2.05, 4.69) is 21.4 Å². The summed E-state index contributed by atoms with van der Waals surface area (Å²) in [7, 11) is 1.73. The Morgan fingerprint density at radius 2 is 2.26 bits per heavy atom. The van der Waals surface area contributed by atoms with E-state index in [9.17, 15) is 4.79 Å². The molecule has 1 aliphatic heterocycles. The van der Waals surface area contributed by atoms with Crippen LogP contribution in [0.25, 0.3) is 0 Å². The molecule has 118 valence electrons. The van der Waals surface area contributed by atoms with Gasteiger partial charge in [0.05, 0.1) is 5.56 Å². The molecule has 3 heterocycles. The molecule has 1 N–H and O–H groups in total. The number of aryl methyl sites for hydroxylation is 1. The van der Waals surface area contributed by atoms with Gasteiger partial charge in [0.1, 0.15) is 11.9 Å². The summed E-state index contributed by atoms with van der Waals surface area (Å²) in [4.78, 5) is 22.7. The zero-order chi connectivity index (χ0) is 16.2. The minimum absolute atomic E-state index is 0.0790. The summed E-state index contributed by atoms with van der Waals surface area (Å²) >= 11 is 0. The van der Waals surface area contributed by atoms with Gasteiger partial charge in [-0.15, -0.1) is 0 Å². The Bertz CT molecular complexity index is 776. The molecule has 2 aromatic rings. The van der Waals surface area contributed by atoms with Crippen LogP contribution in [0.4, 0.5) is 11.6 Å². The molecular weight excluding hydrogens is 292 g/mol. The first-order valence-corrected chi connectivity index (χ1v) is 7.56. The molecule has 1 atom stereocenters. The summed E-state index contributed by atoms with van der Waals surface area (Å²) in [5, 5.41) is 12.2. The summed E-state index contributed by atoms with van der Waals surface area (Å²) < 4.78 is 1.54. The van der Waals surface area contributed by atoms with Crippen molar-refractivity contribution in [3.8, 4) is 6.07 Å². The van der Waals surface area contributed by atoms with Crippen LogP contribution in [-0.2, 0) is 7.05 Å². The molecule has 1 saturated heterocycles. The average molecular weight is 310 g/mol. The van der Waals surface area contributed by atoms with Gasteiger partial charge >= 0.3 is 0 Å². The van der Waals surface area contributed by atoms with E-state index in [4.69, 9.17) is 5.26 Å². The molecule has 0 bridgehead atoms. The first kappa shape index (κ1) is 15.0. The third-order valence-corrected chi connectivity index (χ3v) is 3.96. The van der Waals surface area contributed by atoms with E-state index in [0.717, 1.165) is 25.2 Å². The van der Waals surface area contributed by atoms with Gasteiger partial charge in [0.25, 0.3) is 5.56 Å². The number of pyridine rings is 1. The predicted octanol–water partition coefficient (Wildman–Crippen LogP) is 1.13. The van der Waals surface area contributed by atoms with E-state index < -0.39 is 0 Å². The van der Waals surface area contributed by atoms with Crippen LogP contribution in [0.5, 0.6) is 0 Å². The predicted molar refractivity (Wildman–Crippen MR) is 87.3 cm³/mol. The molecule has 2 aromatic heterocycles. The van der Waals surface area contributed by atoms with Crippen molar-refractivity contribution >= 4 is 11.6 Å². The molecule has 7 heteroatoms. The van der Waals surface area contributed by atoms with E-state index in [-0.39, 0.29) is 11.6 Å². The van der Waals surface area contributed by atoms with Crippen LogP contribution in [0.3, 0.4) is 0 Å². The van der Waals surface area contributed by atoms with Crippen LogP contribution in [0.2, 0.25) is 0 Å². The van der Waals surface area contributed by atoms with Crippen molar-refractivity contribution in [1.29, 1.82) is 5.26 Å². The number of aromatic nitrogens is 3. The van der Waals surface area contributed by atoms with Gasteiger partial charge in [-0.05, 0) is 25.0 Å². The highest BCUT2D eigenvalue weighted by Crippen LogP contribution is 2.17. The largest absolute Gasteiger partial charge is 0.366 e. The number of hydrogen-bond acceptors (Lipinski definition) is 6. The second-order valence-electron chi connectivity index (χ2n) is 5.64. The van der Waals surface area contributed by atoms with Crippen molar-refractivity contribution in [3.63, 3.8) is 0 Å². The van der Waals surface area contributed by atoms with Crippen LogP contribution >= 0.6 is 0 Å². The third-order valence-electron chi connectivity index (χ3n) is 3.96. The monoisotopic (exact) mass is 310 g/mol. The summed E-state index contributed by atoms with van der Waals surface area (Å²) in [6.07, 6.45) is 6.85. The molecular formula is C16H18N6O. The van der Waals surface area contributed by atoms with Crippen molar-refractivity contribution in [2.75, 3.05) is 23.3 Å². The average Bonchev–Trinajstić information content (AvgIpc) is 2.58. The summed E-state index contributed by atoms with van der Waals surface area (Å²) in [6.45, 7) is 1.53. The Morgan fingerprint density at radius 3 is 3.00 bits per heavy atom. The number of nitrogens with zero attached hydrogens (tertiary/aromatic N) is 5. The third kappa shape index (κ3) is 3.31. The minimum atomic E-state index is -0.0790. The topological polar surface area (TPSA) is 86.8 Å². The lowest BCUT2D eigenvalue weighted by atomic mass is 10.1. The molecule has 23 heavy (non-hydrogen) atoms. The first-order chi connectivity index (χ1) is 11.2. The zero-order valence-corrected chi connectivity index (χ0v) is 12.9. The Kier molecular flexibility index (Phi) is 4.24. The van der Waals surface area contributed by atoms with Gasteiger partial charge < -0.3 is 14.8 Å². The number of hydrogen-bond donors (Lipinski definition) is 1. The van der Waals surface area contributed by atoms with Gasteiger partial charge in [-0.2, -0.15) is 5.26 Å². The molecule has 0 unspecified atom stereocenters. The fourth-order valence-electron chi connectivity index (χ4n) is 2.74. The highest BCUT2D eigenvalue weighted by atomic mass is 16.1. The SMILES string of the molecule is Cn1ccnc(N2CCC[C@H](Nc3ccc(C#N)cn3)C2)c1=O. The Morgan fingerprint density at radius 1 is 1.39 bits per heavy atom. The van der Waals surface area contributed by atoms with E-state index in [1.54, 1.807) is 42.3 Å². The zero-order valence-electron chi connectivity index (χ0n) is 12.9. The molecule has 0 amide bonds. The Labute approximate surface area is 134 Å². The Hall–Kier alpha value is -2.88. The van der Waals surface area contributed by atoms with Crippen LogP contribution in [0.1, 0.15) is 18.4 Å². The molecule has 0 spiro atoms. The fraction of sp³-hybridized carbons (Fsp3) is 0.375. The Balaban J connectivity index is 1.72. The maximum Gasteiger partial charge on any atom is 0.293 e. The normalized spacial score (nSPS) is 17.6. The maximum atomic E-state index is 12.2. The first-order valence-electron chi connectivity index (χ1n) is 7.56. The van der Waals surface area contributed by atoms with Crippen LogP contribution < -0.4 is 15.8 Å². The minimum Gasteiger partial charge on any atom is -0.366 e. The van der Waals surface area contributed by atoms with Crippen molar-refractivity contribution in [2.45, 2.75) is 18.9 Å². The van der Waals surface area contributed by atoms with Gasteiger partial charge in [-0.25, -0.2) is 9.97 Å². The van der Waals surface area contributed by atoms with E-state index in [0.29, 0.717) is 17.9 Å². The molecule has 0 aliphatic carbocycles. The second-order valence-corrected chi connectivity index (χ2v) is 5.64. The molecule has 1 fully saturated rings. The number of rotatable bonds is 3. The van der Waals surface area contributed by atoms with E-state index in [1.807, 2.05) is 4.90 Å².